The first-order chi connectivity index (χ1) is 7.22. The van der Waals surface area contributed by atoms with E-state index in [1.165, 1.54) is 25.8 Å². The molecule has 0 saturated heterocycles. The fraction of sp³-hybridized carbons (Fsp3) is 1.00. The number of hydrogen-bond acceptors (Lipinski definition) is 3. The van der Waals surface area contributed by atoms with Crippen LogP contribution in [-0.4, -0.2) is 51.3 Å². The molecule has 1 atom stereocenters. The summed E-state index contributed by atoms with van der Waals surface area (Å²) in [4.78, 5) is 2.45. The zero-order valence-corrected chi connectivity index (χ0v) is 10.9. The predicted molar refractivity (Wildman–Crippen MR) is 66.4 cm³/mol. The van der Waals surface area contributed by atoms with Crippen LogP contribution in [0.15, 0.2) is 0 Å². The van der Waals surface area contributed by atoms with E-state index in [0.29, 0.717) is 6.04 Å². The molecular formula is C12H28N2O. The topological polar surface area (TPSA) is 24.5 Å². The van der Waals surface area contributed by atoms with Crippen molar-refractivity contribution in [3.63, 3.8) is 0 Å². The van der Waals surface area contributed by atoms with E-state index in [0.717, 1.165) is 19.7 Å². The number of methoxy groups -OCH3 is 1. The number of nitrogens with zero attached hydrogens (tertiary/aromatic N) is 1. The molecule has 0 saturated carbocycles. The van der Waals surface area contributed by atoms with Crippen LogP contribution in [0.1, 0.15) is 33.1 Å². The molecule has 0 aromatic carbocycles. The molecule has 0 spiro atoms. The van der Waals surface area contributed by atoms with Crippen LogP contribution in [-0.2, 0) is 4.74 Å². The van der Waals surface area contributed by atoms with Crippen molar-refractivity contribution in [2.75, 3.05) is 40.4 Å². The van der Waals surface area contributed by atoms with Crippen molar-refractivity contribution in [3.8, 4) is 0 Å². The van der Waals surface area contributed by atoms with E-state index in [1.54, 1.807) is 7.11 Å². The SMILES string of the molecule is CCCC(C)N(C)CCCNCCOC. The van der Waals surface area contributed by atoms with Crippen LogP contribution in [0.25, 0.3) is 0 Å². The Labute approximate surface area is 95.2 Å². The van der Waals surface area contributed by atoms with Crippen LogP contribution in [0.3, 0.4) is 0 Å². The van der Waals surface area contributed by atoms with Gasteiger partial charge in [-0.3, -0.25) is 0 Å². The van der Waals surface area contributed by atoms with Gasteiger partial charge in [0.05, 0.1) is 6.61 Å². The average molecular weight is 216 g/mol. The van der Waals surface area contributed by atoms with Gasteiger partial charge in [0, 0.05) is 19.7 Å². The molecule has 0 aliphatic rings. The Bertz CT molecular complexity index is 131. The summed E-state index contributed by atoms with van der Waals surface area (Å²) in [6.07, 6.45) is 3.79. The third-order valence-corrected chi connectivity index (χ3v) is 2.81. The second kappa shape index (κ2) is 10.4. The van der Waals surface area contributed by atoms with Gasteiger partial charge < -0.3 is 15.0 Å². The molecule has 0 radical (unpaired) electrons. The highest BCUT2D eigenvalue weighted by molar-refractivity contribution is 4.62. The number of nitrogens with one attached hydrogen (secondary N) is 1. The summed E-state index contributed by atoms with van der Waals surface area (Å²) in [6, 6.07) is 0.717. The lowest BCUT2D eigenvalue weighted by Crippen LogP contribution is -2.32. The van der Waals surface area contributed by atoms with E-state index in [-0.39, 0.29) is 0 Å². The van der Waals surface area contributed by atoms with Gasteiger partial charge in [0.2, 0.25) is 0 Å². The van der Waals surface area contributed by atoms with E-state index in [4.69, 9.17) is 4.74 Å². The molecule has 0 aliphatic carbocycles. The lowest BCUT2D eigenvalue weighted by molar-refractivity contribution is 0.197. The highest BCUT2D eigenvalue weighted by Gasteiger charge is 2.06. The molecule has 1 N–H and O–H groups in total. The van der Waals surface area contributed by atoms with Crippen molar-refractivity contribution in [1.29, 1.82) is 0 Å². The van der Waals surface area contributed by atoms with Crippen molar-refractivity contribution in [2.24, 2.45) is 0 Å². The van der Waals surface area contributed by atoms with Crippen molar-refractivity contribution < 1.29 is 4.74 Å². The highest BCUT2D eigenvalue weighted by atomic mass is 16.5. The van der Waals surface area contributed by atoms with Gasteiger partial charge in [-0.05, 0) is 39.9 Å². The van der Waals surface area contributed by atoms with Crippen LogP contribution in [0, 0.1) is 0 Å². The Morgan fingerprint density at radius 3 is 2.67 bits per heavy atom. The maximum Gasteiger partial charge on any atom is 0.0587 e. The lowest BCUT2D eigenvalue weighted by atomic mass is 10.1. The molecule has 92 valence electrons. The van der Waals surface area contributed by atoms with Gasteiger partial charge in [-0.15, -0.1) is 0 Å². The quantitative estimate of drug-likeness (QED) is 0.563. The molecule has 0 fully saturated rings. The molecule has 0 aromatic heterocycles. The zero-order chi connectivity index (χ0) is 11.5. The van der Waals surface area contributed by atoms with Gasteiger partial charge in [0.1, 0.15) is 0 Å². The van der Waals surface area contributed by atoms with E-state index in [9.17, 15) is 0 Å². The molecule has 1 unspecified atom stereocenters. The predicted octanol–water partition coefficient (Wildman–Crippen LogP) is 1.73. The minimum Gasteiger partial charge on any atom is -0.383 e. The molecule has 15 heavy (non-hydrogen) atoms. The average Bonchev–Trinajstić information content (AvgIpc) is 2.23. The van der Waals surface area contributed by atoms with Gasteiger partial charge in [-0.25, -0.2) is 0 Å². The number of ether oxygens (including phenoxy) is 1. The van der Waals surface area contributed by atoms with E-state index < -0.39 is 0 Å². The third kappa shape index (κ3) is 8.85. The second-order valence-corrected chi connectivity index (χ2v) is 4.21. The summed E-state index contributed by atoms with van der Waals surface area (Å²) in [6.45, 7) is 8.60. The molecule has 0 aromatic rings. The summed E-state index contributed by atoms with van der Waals surface area (Å²) in [5.74, 6) is 0. The monoisotopic (exact) mass is 216 g/mol. The van der Waals surface area contributed by atoms with E-state index >= 15 is 0 Å². The minimum atomic E-state index is 0.717. The maximum atomic E-state index is 4.97. The Kier molecular flexibility index (Phi) is 10.3. The Hall–Kier alpha value is -0.120. The minimum absolute atomic E-state index is 0.717. The molecule has 0 heterocycles. The van der Waals surface area contributed by atoms with Crippen LogP contribution >= 0.6 is 0 Å². The summed E-state index contributed by atoms with van der Waals surface area (Å²) in [5, 5.41) is 3.36. The lowest BCUT2D eigenvalue weighted by Gasteiger charge is -2.24. The summed E-state index contributed by atoms with van der Waals surface area (Å²) < 4.78 is 4.97. The van der Waals surface area contributed by atoms with Gasteiger partial charge in [-0.1, -0.05) is 13.3 Å². The maximum absolute atomic E-state index is 4.97. The first-order valence-electron chi connectivity index (χ1n) is 6.12. The molecule has 0 bridgehead atoms. The smallest absolute Gasteiger partial charge is 0.0587 e. The molecular weight excluding hydrogens is 188 g/mol. The van der Waals surface area contributed by atoms with E-state index in [2.05, 4.69) is 31.1 Å². The van der Waals surface area contributed by atoms with Crippen LogP contribution in [0.2, 0.25) is 0 Å². The van der Waals surface area contributed by atoms with Gasteiger partial charge in [-0.2, -0.15) is 0 Å². The molecule has 0 aliphatic heterocycles. The van der Waals surface area contributed by atoms with Crippen LogP contribution < -0.4 is 5.32 Å². The molecule has 3 heteroatoms. The van der Waals surface area contributed by atoms with Gasteiger partial charge in [0.25, 0.3) is 0 Å². The zero-order valence-electron chi connectivity index (χ0n) is 10.9. The van der Waals surface area contributed by atoms with Crippen molar-refractivity contribution >= 4 is 0 Å². The van der Waals surface area contributed by atoms with Crippen molar-refractivity contribution in [1.82, 2.24) is 10.2 Å². The van der Waals surface area contributed by atoms with Crippen molar-refractivity contribution in [3.05, 3.63) is 0 Å². The third-order valence-electron chi connectivity index (χ3n) is 2.81. The normalized spacial score (nSPS) is 13.4. The number of rotatable bonds is 10. The Morgan fingerprint density at radius 2 is 2.07 bits per heavy atom. The fourth-order valence-electron chi connectivity index (χ4n) is 1.61. The molecule has 0 rings (SSSR count). The van der Waals surface area contributed by atoms with E-state index in [1.807, 2.05) is 0 Å². The molecule has 3 nitrogen and oxygen atoms in total. The fourth-order valence-corrected chi connectivity index (χ4v) is 1.61. The summed E-state index contributed by atoms with van der Waals surface area (Å²) in [7, 11) is 3.96. The van der Waals surface area contributed by atoms with Crippen LogP contribution in [0.4, 0.5) is 0 Å². The van der Waals surface area contributed by atoms with Crippen molar-refractivity contribution in [2.45, 2.75) is 39.2 Å². The first-order valence-corrected chi connectivity index (χ1v) is 6.12. The summed E-state index contributed by atoms with van der Waals surface area (Å²) >= 11 is 0. The van der Waals surface area contributed by atoms with Gasteiger partial charge in [0.15, 0.2) is 0 Å². The second-order valence-electron chi connectivity index (χ2n) is 4.21. The van der Waals surface area contributed by atoms with Gasteiger partial charge >= 0.3 is 0 Å². The standard InChI is InChI=1S/C12H28N2O/c1-5-7-12(2)14(3)10-6-8-13-9-11-15-4/h12-13H,5-11H2,1-4H3. The molecule has 0 amide bonds. The summed E-state index contributed by atoms with van der Waals surface area (Å²) in [5.41, 5.74) is 0. The first kappa shape index (κ1) is 14.9. The Morgan fingerprint density at radius 1 is 1.33 bits per heavy atom. The van der Waals surface area contributed by atoms with Crippen LogP contribution in [0.5, 0.6) is 0 Å². The largest absolute Gasteiger partial charge is 0.383 e. The highest BCUT2D eigenvalue weighted by Crippen LogP contribution is 2.03. The Balaban J connectivity index is 3.26. The number of hydrogen-bond donors (Lipinski definition) is 1.